The Labute approximate surface area is 82.6 Å². The standard InChI is InChI=1S/C10H15N.C2H6/c1-5-10(9(3)4)7-8-11-6-2;1-2/h5-9H,1-2H2,3-4H3;1-2H3/b10-7+,11-8?;. The van der Waals surface area contributed by atoms with Crippen molar-refractivity contribution < 1.29 is 0 Å². The summed E-state index contributed by atoms with van der Waals surface area (Å²) in [4.78, 5) is 3.86. The average Bonchev–Trinajstić information content (AvgIpc) is 2.15. The van der Waals surface area contributed by atoms with Crippen LogP contribution in [0.2, 0.25) is 0 Å². The molecule has 0 aromatic carbocycles. The normalized spacial score (nSPS) is 11.0. The first-order chi connectivity index (χ1) is 6.22. The maximum atomic E-state index is 3.86. The molecule has 0 saturated carbocycles. The van der Waals surface area contributed by atoms with E-state index in [9.17, 15) is 0 Å². The topological polar surface area (TPSA) is 12.4 Å². The zero-order valence-electron chi connectivity index (χ0n) is 9.25. The highest BCUT2D eigenvalue weighted by atomic mass is 14.6. The first-order valence-corrected chi connectivity index (χ1v) is 4.69. The van der Waals surface area contributed by atoms with Gasteiger partial charge in [0.25, 0.3) is 0 Å². The fraction of sp³-hybridized carbons (Fsp3) is 0.417. The summed E-state index contributed by atoms with van der Waals surface area (Å²) in [5.41, 5.74) is 1.19. The van der Waals surface area contributed by atoms with Gasteiger partial charge in [-0.3, -0.25) is 4.99 Å². The monoisotopic (exact) mass is 179 g/mol. The summed E-state index contributed by atoms with van der Waals surface area (Å²) in [6.45, 7) is 15.4. The van der Waals surface area contributed by atoms with Gasteiger partial charge >= 0.3 is 0 Å². The molecular weight excluding hydrogens is 158 g/mol. The second kappa shape index (κ2) is 10.9. The van der Waals surface area contributed by atoms with Crippen molar-refractivity contribution in [2.75, 3.05) is 0 Å². The van der Waals surface area contributed by atoms with Crippen LogP contribution in [0, 0.1) is 5.92 Å². The third-order valence-electron chi connectivity index (χ3n) is 1.36. The molecule has 74 valence electrons. The van der Waals surface area contributed by atoms with Gasteiger partial charge in [0.2, 0.25) is 0 Å². The third kappa shape index (κ3) is 8.80. The van der Waals surface area contributed by atoms with Crippen molar-refractivity contribution in [3.05, 3.63) is 37.1 Å². The molecule has 0 heterocycles. The van der Waals surface area contributed by atoms with Gasteiger partial charge in [-0.2, -0.15) is 0 Å². The molecule has 0 aliphatic heterocycles. The molecule has 1 heteroatoms. The van der Waals surface area contributed by atoms with Crippen LogP contribution in [0.4, 0.5) is 0 Å². The van der Waals surface area contributed by atoms with Crippen LogP contribution < -0.4 is 0 Å². The van der Waals surface area contributed by atoms with E-state index in [1.54, 1.807) is 6.21 Å². The molecule has 0 bridgehead atoms. The van der Waals surface area contributed by atoms with Gasteiger partial charge in [0, 0.05) is 12.4 Å². The molecule has 0 aliphatic rings. The Morgan fingerprint density at radius 2 is 1.77 bits per heavy atom. The quantitative estimate of drug-likeness (QED) is 0.457. The SMILES string of the molecule is C=CN=C/C=C(\C=C)C(C)C.CC. The van der Waals surface area contributed by atoms with E-state index in [0.29, 0.717) is 5.92 Å². The van der Waals surface area contributed by atoms with Crippen LogP contribution in [0.1, 0.15) is 27.7 Å². The van der Waals surface area contributed by atoms with Crippen molar-refractivity contribution in [3.8, 4) is 0 Å². The van der Waals surface area contributed by atoms with Crippen LogP contribution in [0.15, 0.2) is 42.1 Å². The van der Waals surface area contributed by atoms with Crippen LogP contribution in [0.5, 0.6) is 0 Å². The summed E-state index contributed by atoms with van der Waals surface area (Å²) in [6, 6.07) is 0. The molecule has 0 spiro atoms. The molecule has 1 nitrogen and oxygen atoms in total. The molecular formula is C12H21N. The van der Waals surface area contributed by atoms with E-state index in [0.717, 1.165) is 0 Å². The van der Waals surface area contributed by atoms with Crippen LogP contribution in [0.25, 0.3) is 0 Å². The van der Waals surface area contributed by atoms with E-state index in [4.69, 9.17) is 0 Å². The molecule has 0 atom stereocenters. The van der Waals surface area contributed by atoms with Gasteiger partial charge in [-0.25, -0.2) is 0 Å². The zero-order valence-corrected chi connectivity index (χ0v) is 9.25. The summed E-state index contributed by atoms with van der Waals surface area (Å²) in [5, 5.41) is 0. The summed E-state index contributed by atoms with van der Waals surface area (Å²) >= 11 is 0. The summed E-state index contributed by atoms with van der Waals surface area (Å²) in [7, 11) is 0. The smallest absolute Gasteiger partial charge is 0.0270 e. The summed E-state index contributed by atoms with van der Waals surface area (Å²) in [6.07, 6.45) is 7.03. The Bertz CT molecular complexity index is 185. The lowest BCUT2D eigenvalue weighted by atomic mass is 10.0. The van der Waals surface area contributed by atoms with E-state index < -0.39 is 0 Å². The van der Waals surface area contributed by atoms with Gasteiger partial charge < -0.3 is 0 Å². The lowest BCUT2D eigenvalue weighted by Crippen LogP contribution is -1.89. The minimum absolute atomic E-state index is 0.503. The molecule has 13 heavy (non-hydrogen) atoms. The van der Waals surface area contributed by atoms with Crippen LogP contribution in [-0.4, -0.2) is 6.21 Å². The lowest BCUT2D eigenvalue weighted by Gasteiger charge is -2.02. The molecule has 0 aromatic heterocycles. The lowest BCUT2D eigenvalue weighted by molar-refractivity contribution is 0.794. The van der Waals surface area contributed by atoms with Gasteiger partial charge in [0.15, 0.2) is 0 Å². The van der Waals surface area contributed by atoms with Crippen molar-refractivity contribution in [1.82, 2.24) is 0 Å². The summed E-state index contributed by atoms with van der Waals surface area (Å²) in [5.74, 6) is 0.503. The van der Waals surface area contributed by atoms with Gasteiger partial charge in [0.1, 0.15) is 0 Å². The second-order valence-corrected chi connectivity index (χ2v) is 2.51. The highest BCUT2D eigenvalue weighted by Gasteiger charge is 1.94. The number of aliphatic imine (C=N–C) groups is 1. The van der Waals surface area contributed by atoms with Crippen LogP contribution in [-0.2, 0) is 0 Å². The maximum Gasteiger partial charge on any atom is 0.0270 e. The average molecular weight is 179 g/mol. The van der Waals surface area contributed by atoms with Crippen molar-refractivity contribution in [2.45, 2.75) is 27.7 Å². The molecule has 0 fully saturated rings. The number of hydrogen-bond donors (Lipinski definition) is 0. The molecule has 0 rings (SSSR count). The molecule has 0 amide bonds. The van der Waals surface area contributed by atoms with E-state index in [-0.39, 0.29) is 0 Å². The Balaban J connectivity index is 0. The predicted molar refractivity (Wildman–Crippen MR) is 63.2 cm³/mol. The van der Waals surface area contributed by atoms with Gasteiger partial charge in [-0.05, 0) is 17.6 Å². The van der Waals surface area contributed by atoms with E-state index in [1.807, 2.05) is 26.0 Å². The van der Waals surface area contributed by atoms with Gasteiger partial charge in [0.05, 0.1) is 0 Å². The van der Waals surface area contributed by atoms with E-state index in [2.05, 4.69) is 32.0 Å². The van der Waals surface area contributed by atoms with Gasteiger partial charge in [-0.1, -0.05) is 46.9 Å². The number of allylic oxidation sites excluding steroid dienone is 3. The Morgan fingerprint density at radius 3 is 2.08 bits per heavy atom. The number of rotatable bonds is 4. The first-order valence-electron chi connectivity index (χ1n) is 4.69. The van der Waals surface area contributed by atoms with E-state index >= 15 is 0 Å². The minimum atomic E-state index is 0.503. The summed E-state index contributed by atoms with van der Waals surface area (Å²) < 4.78 is 0. The minimum Gasteiger partial charge on any atom is -0.265 e. The highest BCUT2D eigenvalue weighted by Crippen LogP contribution is 2.08. The number of hydrogen-bond acceptors (Lipinski definition) is 1. The van der Waals surface area contributed by atoms with Crippen molar-refractivity contribution >= 4 is 6.21 Å². The molecule has 0 aromatic rings. The first kappa shape index (κ1) is 14.4. The Morgan fingerprint density at radius 1 is 1.23 bits per heavy atom. The third-order valence-corrected chi connectivity index (χ3v) is 1.36. The van der Waals surface area contributed by atoms with E-state index in [1.165, 1.54) is 11.8 Å². The van der Waals surface area contributed by atoms with Crippen molar-refractivity contribution in [1.29, 1.82) is 0 Å². The molecule has 0 aliphatic carbocycles. The van der Waals surface area contributed by atoms with Gasteiger partial charge in [-0.15, -0.1) is 0 Å². The molecule has 0 radical (unpaired) electrons. The molecule has 0 saturated heterocycles. The fourth-order valence-electron chi connectivity index (χ4n) is 0.686. The van der Waals surface area contributed by atoms with Crippen molar-refractivity contribution in [3.63, 3.8) is 0 Å². The largest absolute Gasteiger partial charge is 0.265 e. The molecule has 0 unspecified atom stereocenters. The van der Waals surface area contributed by atoms with Crippen molar-refractivity contribution in [2.24, 2.45) is 10.9 Å². The maximum absolute atomic E-state index is 3.86. The second-order valence-electron chi connectivity index (χ2n) is 2.51. The Kier molecular flexibility index (Phi) is 12.1. The molecule has 0 N–H and O–H groups in total. The zero-order chi connectivity index (χ0) is 10.7. The number of nitrogens with zero attached hydrogens (tertiary/aromatic N) is 1. The predicted octanol–water partition coefficient (Wildman–Crippen LogP) is 4.00. The fourth-order valence-corrected chi connectivity index (χ4v) is 0.686. The Hall–Kier alpha value is -1.11. The van der Waals surface area contributed by atoms with Crippen LogP contribution >= 0.6 is 0 Å². The highest BCUT2D eigenvalue weighted by molar-refractivity contribution is 5.73. The van der Waals surface area contributed by atoms with Crippen LogP contribution in [0.3, 0.4) is 0 Å².